The van der Waals surface area contributed by atoms with Crippen LogP contribution >= 0.6 is 0 Å². The highest BCUT2D eigenvalue weighted by Crippen LogP contribution is 2.32. The topological polar surface area (TPSA) is 93.0 Å². The lowest BCUT2D eigenvalue weighted by molar-refractivity contribution is -0.383. The highest BCUT2D eigenvalue weighted by molar-refractivity contribution is 5.68. The minimum atomic E-state index is -0.442. The van der Waals surface area contributed by atoms with Gasteiger partial charge in [0.2, 0.25) is 11.6 Å². The first kappa shape index (κ1) is 15.5. The molecule has 0 unspecified atom stereocenters. The van der Waals surface area contributed by atoms with Crippen molar-refractivity contribution in [3.8, 4) is 0 Å². The van der Waals surface area contributed by atoms with Gasteiger partial charge in [-0.1, -0.05) is 26.2 Å². The molecule has 2 rings (SSSR count). The van der Waals surface area contributed by atoms with Crippen molar-refractivity contribution in [1.29, 1.82) is 0 Å². The van der Waals surface area contributed by atoms with Gasteiger partial charge in [-0.25, -0.2) is 9.97 Å². The largest absolute Gasteiger partial charge is 0.367 e. The Morgan fingerprint density at radius 3 is 2.43 bits per heavy atom. The molecule has 1 aromatic heterocycles. The number of hydrogen-bond donors (Lipinski definition) is 2. The summed E-state index contributed by atoms with van der Waals surface area (Å²) in [6.07, 6.45) is 7.48. The first-order valence-corrected chi connectivity index (χ1v) is 7.56. The highest BCUT2D eigenvalue weighted by atomic mass is 16.6. The smallest absolute Gasteiger partial charge is 0.353 e. The van der Waals surface area contributed by atoms with Gasteiger partial charge in [-0.2, -0.15) is 0 Å². The second-order valence-corrected chi connectivity index (χ2v) is 5.60. The van der Waals surface area contributed by atoms with Crippen molar-refractivity contribution >= 4 is 17.3 Å². The molecular weight excluding hydrogens is 270 g/mol. The zero-order valence-corrected chi connectivity index (χ0v) is 12.6. The van der Waals surface area contributed by atoms with Crippen LogP contribution in [-0.4, -0.2) is 28.5 Å². The predicted molar refractivity (Wildman–Crippen MR) is 82.5 cm³/mol. The van der Waals surface area contributed by atoms with Crippen LogP contribution in [0, 0.1) is 22.0 Å². The molecule has 1 aliphatic rings. The van der Waals surface area contributed by atoms with Crippen LogP contribution < -0.4 is 10.6 Å². The average Bonchev–Trinajstić information content (AvgIpc) is 2.52. The van der Waals surface area contributed by atoms with Gasteiger partial charge in [0.25, 0.3) is 0 Å². The molecule has 0 amide bonds. The van der Waals surface area contributed by atoms with Crippen LogP contribution in [-0.2, 0) is 0 Å². The van der Waals surface area contributed by atoms with Gasteiger partial charge in [0, 0.05) is 13.6 Å². The van der Waals surface area contributed by atoms with E-state index in [2.05, 4.69) is 27.5 Å². The Morgan fingerprint density at radius 1 is 1.24 bits per heavy atom. The van der Waals surface area contributed by atoms with Gasteiger partial charge in [-0.05, 0) is 24.7 Å². The second kappa shape index (κ2) is 7.19. The molecule has 0 saturated heterocycles. The summed E-state index contributed by atoms with van der Waals surface area (Å²) < 4.78 is 0. The summed E-state index contributed by atoms with van der Waals surface area (Å²) in [4.78, 5) is 18.6. The molecule has 1 aromatic rings. The number of nitrogens with one attached hydrogen (secondary N) is 2. The van der Waals surface area contributed by atoms with E-state index in [-0.39, 0.29) is 11.5 Å². The molecule has 2 N–H and O–H groups in total. The zero-order valence-electron chi connectivity index (χ0n) is 12.6. The Bertz CT molecular complexity index is 486. The van der Waals surface area contributed by atoms with Gasteiger partial charge in [0.05, 0.1) is 4.92 Å². The predicted octanol–water partition coefficient (Wildman–Crippen LogP) is 3.05. The van der Waals surface area contributed by atoms with Crippen molar-refractivity contribution < 1.29 is 4.92 Å². The molecule has 0 spiro atoms. The van der Waals surface area contributed by atoms with E-state index in [0.717, 1.165) is 12.5 Å². The number of aromatic nitrogens is 2. The second-order valence-electron chi connectivity index (χ2n) is 5.60. The summed E-state index contributed by atoms with van der Waals surface area (Å²) in [6.45, 7) is 2.98. The number of rotatable bonds is 6. The van der Waals surface area contributed by atoms with Gasteiger partial charge in [-0.3, -0.25) is 10.1 Å². The van der Waals surface area contributed by atoms with E-state index in [4.69, 9.17) is 0 Å². The number of nitrogens with zero attached hydrogens (tertiary/aromatic N) is 3. The van der Waals surface area contributed by atoms with Crippen molar-refractivity contribution in [2.45, 2.75) is 39.0 Å². The molecular formula is C14H23N5O2. The lowest BCUT2D eigenvalue weighted by atomic mass is 9.81. The molecule has 0 aliphatic heterocycles. The first-order chi connectivity index (χ1) is 10.2. The van der Waals surface area contributed by atoms with E-state index in [1.807, 2.05) is 0 Å². The fourth-order valence-electron chi connectivity index (χ4n) is 2.95. The maximum Gasteiger partial charge on any atom is 0.353 e. The quantitative estimate of drug-likeness (QED) is 0.618. The van der Waals surface area contributed by atoms with Crippen LogP contribution in [0.4, 0.5) is 17.3 Å². The normalized spacial score (nSPS) is 21.8. The average molecular weight is 293 g/mol. The highest BCUT2D eigenvalue weighted by Gasteiger charge is 2.24. The van der Waals surface area contributed by atoms with Crippen molar-refractivity contribution in [1.82, 2.24) is 9.97 Å². The van der Waals surface area contributed by atoms with Crippen LogP contribution in [0.15, 0.2) is 6.33 Å². The van der Waals surface area contributed by atoms with E-state index >= 15 is 0 Å². The fraction of sp³-hybridized carbons (Fsp3) is 0.714. The third kappa shape index (κ3) is 3.80. The van der Waals surface area contributed by atoms with Crippen LogP contribution in [0.1, 0.15) is 39.0 Å². The Morgan fingerprint density at radius 2 is 1.86 bits per heavy atom. The number of nitro groups is 1. The molecule has 0 bridgehead atoms. The number of anilines is 2. The van der Waals surface area contributed by atoms with Crippen molar-refractivity contribution in [3.63, 3.8) is 0 Å². The fourth-order valence-corrected chi connectivity index (χ4v) is 2.95. The Hall–Kier alpha value is -1.92. The molecule has 7 heteroatoms. The minimum absolute atomic E-state index is 0.0813. The molecule has 7 nitrogen and oxygen atoms in total. The maximum absolute atomic E-state index is 11.2. The molecule has 1 saturated carbocycles. The Kier molecular flexibility index (Phi) is 5.30. The van der Waals surface area contributed by atoms with Gasteiger partial charge in [0.15, 0.2) is 0 Å². The van der Waals surface area contributed by atoms with E-state index in [1.54, 1.807) is 7.05 Å². The van der Waals surface area contributed by atoms with Crippen LogP contribution in [0.25, 0.3) is 0 Å². The molecule has 1 fully saturated rings. The van der Waals surface area contributed by atoms with Crippen LogP contribution in [0.3, 0.4) is 0 Å². The lowest BCUT2D eigenvalue weighted by Gasteiger charge is -2.27. The third-order valence-corrected chi connectivity index (χ3v) is 4.34. The van der Waals surface area contributed by atoms with Crippen LogP contribution in [0.5, 0.6) is 0 Å². The molecule has 21 heavy (non-hydrogen) atoms. The minimum Gasteiger partial charge on any atom is -0.367 e. The first-order valence-electron chi connectivity index (χ1n) is 7.56. The summed E-state index contributed by atoms with van der Waals surface area (Å²) >= 11 is 0. The molecule has 0 atom stereocenters. The lowest BCUT2D eigenvalue weighted by Crippen LogP contribution is -2.22. The standard InChI is InChI=1S/C14H23N5O2/c1-3-10-4-6-11(7-5-10)8-16-14-12(19(20)21)13(15-2)17-9-18-14/h9-11H,3-8H2,1-2H3,(H2,15,16,17,18). The molecule has 0 radical (unpaired) electrons. The summed E-state index contributed by atoms with van der Waals surface area (Å²) in [6, 6.07) is 0. The zero-order chi connectivity index (χ0) is 15.2. The molecule has 1 aliphatic carbocycles. The summed E-state index contributed by atoms with van der Waals surface area (Å²) in [5, 5.41) is 17.1. The molecule has 0 aromatic carbocycles. The van der Waals surface area contributed by atoms with Gasteiger partial charge >= 0.3 is 5.69 Å². The Balaban J connectivity index is 1.99. The van der Waals surface area contributed by atoms with E-state index in [0.29, 0.717) is 11.7 Å². The van der Waals surface area contributed by atoms with Crippen LogP contribution in [0.2, 0.25) is 0 Å². The number of hydrogen-bond acceptors (Lipinski definition) is 6. The Labute approximate surface area is 124 Å². The SMILES string of the molecule is CCC1CCC(CNc2ncnc(NC)c2[N+](=O)[O-])CC1. The van der Waals surface area contributed by atoms with E-state index in [9.17, 15) is 10.1 Å². The summed E-state index contributed by atoms with van der Waals surface area (Å²) in [7, 11) is 1.62. The molecule has 116 valence electrons. The van der Waals surface area contributed by atoms with Crippen molar-refractivity contribution in [2.24, 2.45) is 11.8 Å². The molecule has 1 heterocycles. The summed E-state index contributed by atoms with van der Waals surface area (Å²) in [5.41, 5.74) is -0.0813. The van der Waals surface area contributed by atoms with E-state index in [1.165, 1.54) is 38.4 Å². The summed E-state index contributed by atoms with van der Waals surface area (Å²) in [5.74, 6) is 1.97. The van der Waals surface area contributed by atoms with Crippen molar-refractivity contribution in [3.05, 3.63) is 16.4 Å². The van der Waals surface area contributed by atoms with Gasteiger partial charge in [-0.15, -0.1) is 0 Å². The van der Waals surface area contributed by atoms with Gasteiger partial charge in [0.1, 0.15) is 6.33 Å². The van der Waals surface area contributed by atoms with E-state index < -0.39 is 4.92 Å². The van der Waals surface area contributed by atoms with Crippen molar-refractivity contribution in [2.75, 3.05) is 24.2 Å². The maximum atomic E-state index is 11.2. The third-order valence-electron chi connectivity index (χ3n) is 4.34. The van der Waals surface area contributed by atoms with Gasteiger partial charge < -0.3 is 10.6 Å². The monoisotopic (exact) mass is 293 g/mol.